The zero-order valence-electron chi connectivity index (χ0n) is 14.1. The first kappa shape index (κ1) is 17.7. The molecule has 23 heavy (non-hydrogen) atoms. The number of carbonyl (C=O) groups is 1. The summed E-state index contributed by atoms with van der Waals surface area (Å²) in [4.78, 5) is 16.7. The van der Waals surface area contributed by atoms with Crippen LogP contribution in [0.5, 0.6) is 5.88 Å². The van der Waals surface area contributed by atoms with E-state index in [9.17, 15) is 4.79 Å². The van der Waals surface area contributed by atoms with Crippen molar-refractivity contribution in [1.29, 1.82) is 0 Å². The van der Waals surface area contributed by atoms with Crippen LogP contribution in [0.25, 0.3) is 0 Å². The van der Waals surface area contributed by atoms with Gasteiger partial charge < -0.3 is 19.5 Å². The van der Waals surface area contributed by atoms with Gasteiger partial charge in [0.2, 0.25) is 5.88 Å². The van der Waals surface area contributed by atoms with Gasteiger partial charge in [0.25, 0.3) is 5.91 Å². The fourth-order valence-corrected chi connectivity index (χ4v) is 2.45. The number of rotatable bonds is 10. The molecule has 2 rings (SSSR count). The van der Waals surface area contributed by atoms with Gasteiger partial charge in [0.15, 0.2) is 0 Å². The third kappa shape index (κ3) is 4.91. The Hall–Kier alpha value is -1.66. The molecule has 0 aromatic carbocycles. The van der Waals surface area contributed by atoms with Crippen molar-refractivity contribution in [2.75, 3.05) is 31.7 Å². The summed E-state index contributed by atoms with van der Waals surface area (Å²) in [5.74, 6) is 0.697. The zero-order valence-corrected chi connectivity index (χ0v) is 14.1. The normalized spacial score (nSPS) is 16.7. The van der Waals surface area contributed by atoms with Crippen LogP contribution in [0, 0.1) is 5.92 Å². The minimum atomic E-state index is -0.762. The largest absolute Gasteiger partial charge is 0.475 e. The molecule has 0 spiro atoms. The van der Waals surface area contributed by atoms with Crippen LogP contribution in [0.15, 0.2) is 18.3 Å². The smallest absolute Gasteiger partial charge is 0.256 e. The van der Waals surface area contributed by atoms with E-state index in [1.165, 1.54) is 0 Å². The second kappa shape index (κ2) is 8.26. The quantitative estimate of drug-likeness (QED) is 0.671. The number of amides is 1. The predicted octanol–water partition coefficient (Wildman–Crippen LogP) is 2.64. The number of hydrogen-bond donors (Lipinski definition) is 1. The Morgan fingerprint density at radius 3 is 2.65 bits per heavy atom. The first-order chi connectivity index (χ1) is 11.1. The second-order valence-corrected chi connectivity index (χ2v) is 5.70. The monoisotopic (exact) mass is 322 g/mol. The van der Waals surface area contributed by atoms with Crippen LogP contribution >= 0.6 is 0 Å². The molecule has 128 valence electrons. The summed E-state index contributed by atoms with van der Waals surface area (Å²) >= 11 is 0. The average molecular weight is 322 g/mol. The lowest BCUT2D eigenvalue weighted by Gasteiger charge is -2.28. The topological polar surface area (TPSA) is 69.7 Å². The van der Waals surface area contributed by atoms with Crippen LogP contribution in [-0.4, -0.2) is 42.9 Å². The maximum atomic E-state index is 12.5. The van der Waals surface area contributed by atoms with E-state index >= 15 is 0 Å². The van der Waals surface area contributed by atoms with Gasteiger partial charge in [0.05, 0.1) is 18.5 Å². The van der Waals surface area contributed by atoms with Crippen molar-refractivity contribution in [3.8, 4) is 5.88 Å². The number of nitrogens with zero attached hydrogens (tertiary/aromatic N) is 1. The SMILES string of the molecule is CCOCCOc1ccc(NC(=O)[C@](C)(OCC)C2CC2)cn1. The number of nitrogens with one attached hydrogen (secondary N) is 1. The fraction of sp³-hybridized carbons (Fsp3) is 0.647. The van der Waals surface area contributed by atoms with Gasteiger partial charge >= 0.3 is 0 Å². The molecule has 1 aliphatic rings. The van der Waals surface area contributed by atoms with Gasteiger partial charge in [0.1, 0.15) is 12.2 Å². The molecule has 1 aromatic heterocycles. The van der Waals surface area contributed by atoms with Gasteiger partial charge in [-0.05, 0) is 45.6 Å². The molecule has 1 heterocycles. The van der Waals surface area contributed by atoms with Crippen LogP contribution in [0.4, 0.5) is 5.69 Å². The summed E-state index contributed by atoms with van der Waals surface area (Å²) in [5.41, 5.74) is -0.125. The Kier molecular flexibility index (Phi) is 6.36. The number of pyridine rings is 1. The Balaban J connectivity index is 1.88. The van der Waals surface area contributed by atoms with E-state index in [0.29, 0.717) is 43.9 Å². The summed E-state index contributed by atoms with van der Waals surface area (Å²) in [6, 6.07) is 3.51. The number of anilines is 1. The van der Waals surface area contributed by atoms with Gasteiger partial charge in [-0.1, -0.05) is 0 Å². The van der Waals surface area contributed by atoms with E-state index in [4.69, 9.17) is 14.2 Å². The standard InChI is InChI=1S/C17H26N2O4/c1-4-21-10-11-22-15-9-8-14(12-18-15)19-16(20)17(3,23-5-2)13-6-7-13/h8-9,12-13H,4-7,10-11H2,1-3H3,(H,19,20)/t17-/m1/s1. The van der Waals surface area contributed by atoms with Crippen molar-refractivity contribution >= 4 is 11.6 Å². The number of ether oxygens (including phenoxy) is 3. The molecule has 0 aliphatic heterocycles. The number of hydrogen-bond acceptors (Lipinski definition) is 5. The lowest BCUT2D eigenvalue weighted by atomic mass is 9.99. The predicted molar refractivity (Wildman–Crippen MR) is 87.6 cm³/mol. The second-order valence-electron chi connectivity index (χ2n) is 5.70. The van der Waals surface area contributed by atoms with Crippen LogP contribution in [0.3, 0.4) is 0 Å². The molecular formula is C17H26N2O4. The van der Waals surface area contributed by atoms with Crippen molar-refractivity contribution in [2.45, 2.75) is 39.2 Å². The van der Waals surface area contributed by atoms with Gasteiger partial charge in [-0.3, -0.25) is 4.79 Å². The Labute approximate surface area is 137 Å². The summed E-state index contributed by atoms with van der Waals surface area (Å²) < 4.78 is 16.4. The van der Waals surface area contributed by atoms with Crippen LogP contribution in [0.2, 0.25) is 0 Å². The first-order valence-electron chi connectivity index (χ1n) is 8.22. The van der Waals surface area contributed by atoms with Crippen molar-refractivity contribution in [3.05, 3.63) is 18.3 Å². The first-order valence-corrected chi connectivity index (χ1v) is 8.22. The molecule has 1 aromatic rings. The molecular weight excluding hydrogens is 296 g/mol. The molecule has 1 aliphatic carbocycles. The Morgan fingerprint density at radius 2 is 2.09 bits per heavy atom. The molecule has 1 atom stereocenters. The van der Waals surface area contributed by atoms with Crippen LogP contribution in [0.1, 0.15) is 33.6 Å². The highest BCUT2D eigenvalue weighted by Crippen LogP contribution is 2.42. The third-order valence-electron chi connectivity index (χ3n) is 3.93. The summed E-state index contributed by atoms with van der Waals surface area (Å²) in [6.07, 6.45) is 3.66. The fourth-order valence-electron chi connectivity index (χ4n) is 2.45. The highest BCUT2D eigenvalue weighted by atomic mass is 16.5. The Morgan fingerprint density at radius 1 is 1.30 bits per heavy atom. The van der Waals surface area contributed by atoms with Crippen molar-refractivity contribution in [1.82, 2.24) is 4.98 Å². The highest BCUT2D eigenvalue weighted by molar-refractivity contribution is 5.97. The Bertz CT molecular complexity index is 502. The van der Waals surface area contributed by atoms with Gasteiger partial charge in [-0.2, -0.15) is 0 Å². The van der Waals surface area contributed by atoms with E-state index in [1.807, 2.05) is 20.8 Å². The van der Waals surface area contributed by atoms with Crippen molar-refractivity contribution in [2.24, 2.45) is 5.92 Å². The van der Waals surface area contributed by atoms with Gasteiger partial charge in [-0.25, -0.2) is 4.98 Å². The maximum absolute atomic E-state index is 12.5. The molecule has 0 radical (unpaired) electrons. The molecule has 1 fully saturated rings. The van der Waals surface area contributed by atoms with Crippen molar-refractivity contribution < 1.29 is 19.0 Å². The van der Waals surface area contributed by atoms with E-state index in [1.54, 1.807) is 18.3 Å². The zero-order chi connectivity index (χ0) is 16.7. The molecule has 1 amide bonds. The van der Waals surface area contributed by atoms with Gasteiger partial charge in [0, 0.05) is 19.3 Å². The molecule has 6 heteroatoms. The van der Waals surface area contributed by atoms with E-state index < -0.39 is 5.60 Å². The van der Waals surface area contributed by atoms with E-state index in [2.05, 4.69) is 10.3 Å². The third-order valence-corrected chi connectivity index (χ3v) is 3.93. The summed E-state index contributed by atoms with van der Waals surface area (Å²) in [5, 5.41) is 2.89. The minimum absolute atomic E-state index is 0.117. The average Bonchev–Trinajstić information content (AvgIpc) is 3.38. The summed E-state index contributed by atoms with van der Waals surface area (Å²) in [7, 11) is 0. The highest BCUT2D eigenvalue weighted by Gasteiger charge is 2.48. The van der Waals surface area contributed by atoms with E-state index in [0.717, 1.165) is 12.8 Å². The molecule has 6 nitrogen and oxygen atoms in total. The number of carbonyl (C=O) groups excluding carboxylic acids is 1. The molecule has 0 bridgehead atoms. The lowest BCUT2D eigenvalue weighted by Crippen LogP contribution is -2.44. The van der Waals surface area contributed by atoms with Crippen molar-refractivity contribution in [3.63, 3.8) is 0 Å². The number of aromatic nitrogens is 1. The lowest BCUT2D eigenvalue weighted by molar-refractivity contribution is -0.141. The molecule has 1 saturated carbocycles. The molecule has 0 unspecified atom stereocenters. The maximum Gasteiger partial charge on any atom is 0.256 e. The van der Waals surface area contributed by atoms with Crippen LogP contribution < -0.4 is 10.1 Å². The van der Waals surface area contributed by atoms with E-state index in [-0.39, 0.29) is 5.91 Å². The van der Waals surface area contributed by atoms with Crippen LogP contribution in [-0.2, 0) is 14.3 Å². The van der Waals surface area contributed by atoms with Gasteiger partial charge in [-0.15, -0.1) is 0 Å². The molecule has 0 saturated heterocycles. The summed E-state index contributed by atoms with van der Waals surface area (Å²) in [6.45, 7) is 7.88. The minimum Gasteiger partial charge on any atom is -0.475 e. The molecule has 1 N–H and O–H groups in total.